The molecule has 0 fully saturated rings. The SMILES string of the molecule is Cc1ccc(CNC(=O)c2cc([N+](=O)[O-])ccc2NN)o1. The average molecular weight is 290 g/mol. The minimum atomic E-state index is -0.576. The highest BCUT2D eigenvalue weighted by molar-refractivity contribution is 6.00. The molecule has 8 heteroatoms. The molecule has 21 heavy (non-hydrogen) atoms. The summed E-state index contributed by atoms with van der Waals surface area (Å²) < 4.78 is 5.33. The number of carbonyl (C=O) groups is 1. The molecule has 0 saturated carbocycles. The monoisotopic (exact) mass is 290 g/mol. The van der Waals surface area contributed by atoms with Crippen LogP contribution in [0.2, 0.25) is 0 Å². The molecule has 1 heterocycles. The number of amides is 1. The van der Waals surface area contributed by atoms with Gasteiger partial charge in [-0.25, -0.2) is 0 Å². The number of anilines is 1. The molecular formula is C13H14N4O4. The molecule has 1 amide bonds. The van der Waals surface area contributed by atoms with Gasteiger partial charge in [-0.15, -0.1) is 0 Å². The van der Waals surface area contributed by atoms with Crippen LogP contribution in [0, 0.1) is 17.0 Å². The van der Waals surface area contributed by atoms with Crippen LogP contribution in [0.5, 0.6) is 0 Å². The number of carbonyl (C=O) groups excluding carboxylic acids is 1. The van der Waals surface area contributed by atoms with Gasteiger partial charge in [-0.3, -0.25) is 20.8 Å². The van der Waals surface area contributed by atoms with Gasteiger partial charge in [-0.1, -0.05) is 0 Å². The second kappa shape index (κ2) is 6.06. The van der Waals surface area contributed by atoms with Crippen LogP contribution < -0.4 is 16.6 Å². The van der Waals surface area contributed by atoms with Crippen molar-refractivity contribution in [3.05, 3.63) is 57.5 Å². The molecular weight excluding hydrogens is 276 g/mol. The molecule has 0 aliphatic carbocycles. The van der Waals surface area contributed by atoms with Crippen LogP contribution in [0.15, 0.2) is 34.7 Å². The van der Waals surface area contributed by atoms with Gasteiger partial charge in [0.1, 0.15) is 11.5 Å². The van der Waals surface area contributed by atoms with E-state index in [1.807, 2.05) is 0 Å². The molecule has 0 aliphatic rings. The summed E-state index contributed by atoms with van der Waals surface area (Å²) >= 11 is 0. The van der Waals surface area contributed by atoms with Gasteiger partial charge in [0.25, 0.3) is 11.6 Å². The molecule has 4 N–H and O–H groups in total. The zero-order valence-corrected chi connectivity index (χ0v) is 11.3. The predicted octanol–water partition coefficient (Wildman–Crippen LogP) is 1.71. The Morgan fingerprint density at radius 1 is 1.38 bits per heavy atom. The lowest BCUT2D eigenvalue weighted by Crippen LogP contribution is -2.24. The number of rotatable bonds is 5. The molecule has 110 valence electrons. The first-order valence-electron chi connectivity index (χ1n) is 6.10. The fraction of sp³-hybridized carbons (Fsp3) is 0.154. The first kappa shape index (κ1) is 14.5. The van der Waals surface area contributed by atoms with E-state index >= 15 is 0 Å². The van der Waals surface area contributed by atoms with Gasteiger partial charge in [0.2, 0.25) is 0 Å². The van der Waals surface area contributed by atoms with Crippen molar-refractivity contribution in [1.29, 1.82) is 0 Å². The second-order valence-corrected chi connectivity index (χ2v) is 4.33. The van der Waals surface area contributed by atoms with Crippen molar-refractivity contribution in [3.8, 4) is 0 Å². The molecule has 1 aromatic heterocycles. The largest absolute Gasteiger partial charge is 0.465 e. The fourth-order valence-corrected chi connectivity index (χ4v) is 1.80. The highest BCUT2D eigenvalue weighted by Gasteiger charge is 2.16. The maximum atomic E-state index is 12.1. The topological polar surface area (TPSA) is 123 Å². The molecule has 0 spiro atoms. The molecule has 2 rings (SSSR count). The number of benzene rings is 1. The highest BCUT2D eigenvalue weighted by atomic mass is 16.6. The summed E-state index contributed by atoms with van der Waals surface area (Å²) in [5.41, 5.74) is 2.54. The van der Waals surface area contributed by atoms with E-state index < -0.39 is 10.8 Å². The first-order chi connectivity index (χ1) is 10.0. The quantitative estimate of drug-likeness (QED) is 0.437. The van der Waals surface area contributed by atoms with Crippen molar-refractivity contribution in [3.63, 3.8) is 0 Å². The zero-order chi connectivity index (χ0) is 15.4. The van der Waals surface area contributed by atoms with E-state index in [1.54, 1.807) is 19.1 Å². The van der Waals surface area contributed by atoms with Crippen molar-refractivity contribution in [1.82, 2.24) is 5.32 Å². The molecule has 0 saturated heterocycles. The highest BCUT2D eigenvalue weighted by Crippen LogP contribution is 2.21. The van der Waals surface area contributed by atoms with Crippen LogP contribution in [0.4, 0.5) is 11.4 Å². The third kappa shape index (κ3) is 3.37. The van der Waals surface area contributed by atoms with Gasteiger partial charge in [-0.05, 0) is 25.1 Å². The smallest absolute Gasteiger partial charge is 0.270 e. The van der Waals surface area contributed by atoms with Gasteiger partial charge < -0.3 is 15.2 Å². The lowest BCUT2D eigenvalue weighted by molar-refractivity contribution is -0.384. The molecule has 0 radical (unpaired) electrons. The molecule has 0 aliphatic heterocycles. The minimum absolute atomic E-state index is 0.0926. The van der Waals surface area contributed by atoms with Crippen LogP contribution >= 0.6 is 0 Å². The number of hydrazine groups is 1. The van der Waals surface area contributed by atoms with Gasteiger partial charge in [0.15, 0.2) is 0 Å². The van der Waals surface area contributed by atoms with E-state index in [9.17, 15) is 14.9 Å². The van der Waals surface area contributed by atoms with Crippen molar-refractivity contribution >= 4 is 17.3 Å². The number of aryl methyl sites for hydroxylation is 1. The standard InChI is InChI=1S/C13H14N4O4/c1-8-2-4-10(21-8)7-15-13(18)11-6-9(17(19)20)3-5-12(11)16-14/h2-6,16H,7,14H2,1H3,(H,15,18). The third-order valence-electron chi connectivity index (χ3n) is 2.83. The van der Waals surface area contributed by atoms with Crippen LogP contribution in [-0.4, -0.2) is 10.8 Å². The molecule has 2 aromatic rings. The third-order valence-corrected chi connectivity index (χ3v) is 2.83. The number of hydrogen-bond donors (Lipinski definition) is 3. The van der Waals surface area contributed by atoms with Crippen molar-refractivity contribution in [2.45, 2.75) is 13.5 Å². The predicted molar refractivity (Wildman–Crippen MR) is 75.5 cm³/mol. The first-order valence-corrected chi connectivity index (χ1v) is 6.10. The Hall–Kier alpha value is -2.87. The number of nitro benzene ring substituents is 1. The molecule has 8 nitrogen and oxygen atoms in total. The summed E-state index contributed by atoms with van der Waals surface area (Å²) in [6.07, 6.45) is 0. The Labute approximate surface area is 120 Å². The van der Waals surface area contributed by atoms with Crippen molar-refractivity contribution in [2.24, 2.45) is 5.84 Å². The minimum Gasteiger partial charge on any atom is -0.465 e. The maximum Gasteiger partial charge on any atom is 0.270 e. The lowest BCUT2D eigenvalue weighted by atomic mass is 10.1. The van der Waals surface area contributed by atoms with E-state index in [2.05, 4.69) is 10.7 Å². The van der Waals surface area contributed by atoms with Crippen molar-refractivity contribution < 1.29 is 14.1 Å². The number of nitrogens with zero attached hydrogens (tertiary/aromatic N) is 1. The van der Waals surface area contributed by atoms with Gasteiger partial charge in [0, 0.05) is 12.1 Å². The second-order valence-electron chi connectivity index (χ2n) is 4.33. The summed E-state index contributed by atoms with van der Waals surface area (Å²) in [4.78, 5) is 22.3. The van der Waals surface area contributed by atoms with E-state index in [0.29, 0.717) is 11.4 Å². The Balaban J connectivity index is 2.17. The summed E-state index contributed by atoms with van der Waals surface area (Å²) in [6.45, 7) is 1.97. The fourth-order valence-electron chi connectivity index (χ4n) is 1.80. The Morgan fingerprint density at radius 2 is 2.14 bits per heavy atom. The van der Waals surface area contributed by atoms with E-state index in [4.69, 9.17) is 10.3 Å². The molecule has 0 unspecified atom stereocenters. The van der Waals surface area contributed by atoms with E-state index in [-0.39, 0.29) is 17.8 Å². The molecule has 0 bridgehead atoms. The normalized spacial score (nSPS) is 10.2. The Bertz CT molecular complexity index is 681. The lowest BCUT2D eigenvalue weighted by Gasteiger charge is -2.08. The Morgan fingerprint density at radius 3 is 2.71 bits per heavy atom. The molecule has 1 aromatic carbocycles. The van der Waals surface area contributed by atoms with Crippen molar-refractivity contribution in [2.75, 3.05) is 5.43 Å². The van der Waals surface area contributed by atoms with E-state index in [1.165, 1.54) is 12.1 Å². The number of nitrogen functional groups attached to an aromatic ring is 1. The summed E-state index contributed by atoms with van der Waals surface area (Å²) in [6, 6.07) is 7.33. The van der Waals surface area contributed by atoms with Crippen LogP contribution in [0.1, 0.15) is 21.9 Å². The summed E-state index contributed by atoms with van der Waals surface area (Å²) in [7, 11) is 0. The average Bonchev–Trinajstić information content (AvgIpc) is 2.89. The number of nitrogens with one attached hydrogen (secondary N) is 2. The van der Waals surface area contributed by atoms with Gasteiger partial charge >= 0.3 is 0 Å². The van der Waals surface area contributed by atoms with Gasteiger partial charge in [0.05, 0.1) is 22.7 Å². The van der Waals surface area contributed by atoms with Crippen LogP contribution in [-0.2, 0) is 6.54 Å². The zero-order valence-electron chi connectivity index (χ0n) is 11.3. The van der Waals surface area contributed by atoms with Crippen LogP contribution in [0.3, 0.4) is 0 Å². The summed E-state index contributed by atoms with van der Waals surface area (Å²) in [5, 5.41) is 13.4. The maximum absolute atomic E-state index is 12.1. The number of hydrogen-bond acceptors (Lipinski definition) is 6. The Kier molecular flexibility index (Phi) is 4.19. The van der Waals surface area contributed by atoms with E-state index in [0.717, 1.165) is 11.8 Å². The van der Waals surface area contributed by atoms with Gasteiger partial charge in [-0.2, -0.15) is 0 Å². The number of nitro groups is 1. The summed E-state index contributed by atoms with van der Waals surface area (Å²) in [5.74, 6) is 6.15. The molecule has 0 atom stereocenters. The number of nitrogens with two attached hydrogens (primary N) is 1. The van der Waals surface area contributed by atoms with Crippen LogP contribution in [0.25, 0.3) is 0 Å². The number of furan rings is 1. The number of non-ortho nitro benzene ring substituents is 1.